The molecule has 0 aliphatic carbocycles. The van der Waals surface area contributed by atoms with Gasteiger partial charge in [0.1, 0.15) is 42.0 Å². The van der Waals surface area contributed by atoms with Crippen LogP contribution in [-0.2, 0) is 19.6 Å². The summed E-state index contributed by atoms with van der Waals surface area (Å²) in [5, 5.41) is 5.46. The predicted molar refractivity (Wildman–Crippen MR) is 110 cm³/mol. The number of amides is 1. The molecule has 0 unspecified atom stereocenters. The van der Waals surface area contributed by atoms with Gasteiger partial charge in [-0.05, 0) is 30.7 Å². The van der Waals surface area contributed by atoms with Crippen LogP contribution in [0.5, 0.6) is 0 Å². The van der Waals surface area contributed by atoms with Crippen molar-refractivity contribution in [2.24, 2.45) is 0 Å². The minimum Gasteiger partial charge on any atom is -0.351 e. The summed E-state index contributed by atoms with van der Waals surface area (Å²) in [5.74, 6) is -0.694. The fraction of sp³-hybridized carbons (Fsp3) is 0.273. The van der Waals surface area contributed by atoms with E-state index in [9.17, 15) is 13.6 Å². The average Bonchev–Trinajstić information content (AvgIpc) is 3.18. The molecule has 0 aliphatic rings. The van der Waals surface area contributed by atoms with Crippen molar-refractivity contribution in [3.8, 4) is 0 Å². The highest BCUT2D eigenvalue weighted by molar-refractivity contribution is 7.09. The number of thiazole rings is 1. The zero-order chi connectivity index (χ0) is 20.6. The van der Waals surface area contributed by atoms with E-state index in [4.69, 9.17) is 0 Å². The molecule has 0 spiro atoms. The standard InChI is InChI=1S/C22H23F2N3OS/c1-2-11-25-22(28)20-15-29-21(26-20)14-27(12-16-3-7-18(23)8-4-16)13-17-5-9-19(24)10-6-17/h3-10,15H,2,11-14H2,1H3,(H,25,28)/p+1. The van der Waals surface area contributed by atoms with Crippen molar-refractivity contribution in [3.63, 3.8) is 0 Å². The number of carbonyl (C=O) groups excluding carboxylic acids is 1. The average molecular weight is 417 g/mol. The Hall–Kier alpha value is -2.64. The van der Waals surface area contributed by atoms with Crippen molar-refractivity contribution in [2.75, 3.05) is 6.54 Å². The normalized spacial score (nSPS) is 11.0. The molecule has 0 radical (unpaired) electrons. The maximum absolute atomic E-state index is 13.2. The minimum absolute atomic E-state index is 0.159. The van der Waals surface area contributed by atoms with Gasteiger partial charge in [0.2, 0.25) is 0 Å². The number of nitrogens with one attached hydrogen (secondary N) is 2. The van der Waals surface area contributed by atoms with Crippen LogP contribution >= 0.6 is 11.3 Å². The van der Waals surface area contributed by atoms with Gasteiger partial charge in [-0.2, -0.15) is 0 Å². The van der Waals surface area contributed by atoms with Gasteiger partial charge in [0.25, 0.3) is 5.91 Å². The van der Waals surface area contributed by atoms with E-state index in [1.165, 1.54) is 35.6 Å². The van der Waals surface area contributed by atoms with Gasteiger partial charge in [0.05, 0.1) is 0 Å². The Labute approximate surface area is 173 Å². The number of hydrogen-bond donors (Lipinski definition) is 2. The highest BCUT2D eigenvalue weighted by atomic mass is 32.1. The lowest BCUT2D eigenvalue weighted by Crippen LogP contribution is -3.08. The molecule has 4 nitrogen and oxygen atoms in total. The summed E-state index contributed by atoms with van der Waals surface area (Å²) in [4.78, 5) is 17.7. The minimum atomic E-state index is -0.267. The molecule has 1 amide bonds. The summed E-state index contributed by atoms with van der Waals surface area (Å²) in [6, 6.07) is 12.9. The number of quaternary nitrogens is 1. The molecule has 0 saturated carbocycles. The number of halogens is 2. The molecule has 0 aliphatic heterocycles. The van der Waals surface area contributed by atoms with Crippen LogP contribution in [0.25, 0.3) is 0 Å². The van der Waals surface area contributed by atoms with E-state index >= 15 is 0 Å². The smallest absolute Gasteiger partial charge is 0.270 e. The molecule has 1 heterocycles. The van der Waals surface area contributed by atoms with Gasteiger partial charge in [-0.15, -0.1) is 11.3 Å². The SMILES string of the molecule is CCCNC(=O)c1csc(C[NH+](Cc2ccc(F)cc2)Cc2ccc(F)cc2)n1. The van der Waals surface area contributed by atoms with Gasteiger partial charge in [-0.1, -0.05) is 31.2 Å². The van der Waals surface area contributed by atoms with Crippen molar-refractivity contribution in [3.05, 3.63) is 87.4 Å². The summed E-state index contributed by atoms with van der Waals surface area (Å²) < 4.78 is 26.5. The predicted octanol–water partition coefficient (Wildman–Crippen LogP) is 3.35. The fourth-order valence-corrected chi connectivity index (χ4v) is 3.85. The van der Waals surface area contributed by atoms with Crippen molar-refractivity contribution in [2.45, 2.75) is 33.0 Å². The number of nitrogens with zero attached hydrogens (tertiary/aromatic N) is 1. The lowest BCUT2D eigenvalue weighted by Gasteiger charge is -2.19. The first-order chi connectivity index (χ1) is 14.0. The third-order valence-corrected chi connectivity index (χ3v) is 5.30. The molecule has 0 bridgehead atoms. The molecule has 3 aromatic rings. The zero-order valence-corrected chi connectivity index (χ0v) is 17.1. The topological polar surface area (TPSA) is 46.4 Å². The Kier molecular flexibility index (Phi) is 7.43. The molecule has 2 N–H and O–H groups in total. The molecule has 0 saturated heterocycles. The Morgan fingerprint density at radius 3 is 2.03 bits per heavy atom. The lowest BCUT2D eigenvalue weighted by molar-refractivity contribution is -0.941. The van der Waals surface area contributed by atoms with Gasteiger partial charge < -0.3 is 10.2 Å². The maximum Gasteiger partial charge on any atom is 0.270 e. The first-order valence-corrected chi connectivity index (χ1v) is 10.5. The second-order valence-corrected chi connectivity index (χ2v) is 7.86. The summed E-state index contributed by atoms with van der Waals surface area (Å²) >= 11 is 1.45. The van der Waals surface area contributed by atoms with Crippen LogP contribution in [0.4, 0.5) is 8.78 Å². The van der Waals surface area contributed by atoms with E-state index < -0.39 is 0 Å². The monoisotopic (exact) mass is 416 g/mol. The second-order valence-electron chi connectivity index (χ2n) is 6.92. The van der Waals surface area contributed by atoms with E-state index in [-0.39, 0.29) is 17.5 Å². The summed E-state index contributed by atoms with van der Waals surface area (Å²) in [5.41, 5.74) is 2.43. The van der Waals surface area contributed by atoms with Crippen molar-refractivity contribution in [1.29, 1.82) is 0 Å². The highest BCUT2D eigenvalue weighted by Crippen LogP contribution is 2.10. The third kappa shape index (κ3) is 6.44. The number of aromatic nitrogens is 1. The summed E-state index contributed by atoms with van der Waals surface area (Å²) in [6.07, 6.45) is 0.871. The Bertz CT molecular complexity index is 878. The maximum atomic E-state index is 13.2. The summed E-state index contributed by atoms with van der Waals surface area (Å²) in [6.45, 7) is 4.56. The van der Waals surface area contributed by atoms with Crippen LogP contribution in [0.15, 0.2) is 53.9 Å². The molecule has 7 heteroatoms. The lowest BCUT2D eigenvalue weighted by atomic mass is 10.1. The quantitative estimate of drug-likeness (QED) is 0.562. The largest absolute Gasteiger partial charge is 0.351 e. The molecular formula is C22H24F2N3OS+. The van der Waals surface area contributed by atoms with Gasteiger partial charge >= 0.3 is 0 Å². The van der Waals surface area contributed by atoms with Gasteiger partial charge in [-0.3, -0.25) is 4.79 Å². The number of carbonyl (C=O) groups is 1. The molecule has 3 rings (SSSR count). The van der Waals surface area contributed by atoms with E-state index in [1.807, 2.05) is 6.92 Å². The number of hydrogen-bond acceptors (Lipinski definition) is 3. The highest BCUT2D eigenvalue weighted by Gasteiger charge is 2.17. The molecule has 1 aromatic heterocycles. The van der Waals surface area contributed by atoms with Crippen LogP contribution in [0, 0.1) is 11.6 Å². The number of benzene rings is 2. The zero-order valence-electron chi connectivity index (χ0n) is 16.3. The number of rotatable bonds is 9. The molecule has 0 atom stereocenters. The third-order valence-electron chi connectivity index (χ3n) is 4.46. The second kappa shape index (κ2) is 10.2. The van der Waals surface area contributed by atoms with Crippen LogP contribution < -0.4 is 10.2 Å². The molecule has 0 fully saturated rings. The van der Waals surface area contributed by atoms with Crippen LogP contribution in [-0.4, -0.2) is 17.4 Å². The van der Waals surface area contributed by atoms with Gasteiger partial charge in [-0.25, -0.2) is 13.8 Å². The Balaban J connectivity index is 1.73. The van der Waals surface area contributed by atoms with Gasteiger partial charge in [0.15, 0.2) is 0 Å². The Morgan fingerprint density at radius 2 is 1.52 bits per heavy atom. The van der Waals surface area contributed by atoms with Crippen molar-refractivity contribution in [1.82, 2.24) is 10.3 Å². The van der Waals surface area contributed by atoms with E-state index in [2.05, 4.69) is 10.3 Å². The van der Waals surface area contributed by atoms with Crippen LogP contribution in [0.1, 0.15) is 40.0 Å². The van der Waals surface area contributed by atoms with Crippen molar-refractivity contribution >= 4 is 17.2 Å². The van der Waals surface area contributed by atoms with Gasteiger partial charge in [0, 0.05) is 23.1 Å². The molecule has 152 valence electrons. The van der Waals surface area contributed by atoms with Crippen LogP contribution in [0.3, 0.4) is 0 Å². The Morgan fingerprint density at radius 1 is 0.966 bits per heavy atom. The first-order valence-electron chi connectivity index (χ1n) is 9.58. The van der Waals surface area contributed by atoms with E-state index in [0.717, 1.165) is 27.5 Å². The molecular weight excluding hydrogens is 392 g/mol. The van der Waals surface area contributed by atoms with E-state index in [1.54, 1.807) is 29.6 Å². The fourth-order valence-electron chi connectivity index (χ4n) is 3.01. The molecule has 29 heavy (non-hydrogen) atoms. The first kappa shape index (κ1) is 21.1. The van der Waals surface area contributed by atoms with Crippen LogP contribution in [0.2, 0.25) is 0 Å². The molecule has 2 aromatic carbocycles. The van der Waals surface area contributed by atoms with Crippen molar-refractivity contribution < 1.29 is 18.5 Å². The van der Waals surface area contributed by atoms with E-state index in [0.29, 0.717) is 31.9 Å². The summed E-state index contributed by atoms with van der Waals surface area (Å²) in [7, 11) is 0.